The van der Waals surface area contributed by atoms with Crippen molar-refractivity contribution in [2.45, 2.75) is 96.9 Å². The van der Waals surface area contributed by atoms with Crippen LogP contribution >= 0.6 is 0 Å². The molecule has 1 aliphatic rings. The summed E-state index contributed by atoms with van der Waals surface area (Å²) in [5, 5.41) is 19.0. The lowest BCUT2D eigenvalue weighted by molar-refractivity contribution is 0.0749. The Morgan fingerprint density at radius 1 is 1.26 bits per heavy atom. The summed E-state index contributed by atoms with van der Waals surface area (Å²) in [4.78, 5) is 12.2. The van der Waals surface area contributed by atoms with Crippen molar-refractivity contribution in [3.8, 4) is 0 Å². The second kappa shape index (κ2) is 10.9. The van der Waals surface area contributed by atoms with E-state index in [0.29, 0.717) is 6.73 Å². The number of hydrogen-bond acceptors (Lipinski definition) is 7. The molecule has 0 radical (unpaired) electrons. The van der Waals surface area contributed by atoms with Gasteiger partial charge in [-0.25, -0.2) is 9.48 Å². The van der Waals surface area contributed by atoms with Crippen LogP contribution in [0.4, 0.5) is 16.3 Å². The van der Waals surface area contributed by atoms with E-state index in [2.05, 4.69) is 46.5 Å². The number of anilines is 2. The summed E-state index contributed by atoms with van der Waals surface area (Å²) in [6.07, 6.45) is 3.74. The summed E-state index contributed by atoms with van der Waals surface area (Å²) in [5.41, 5.74) is 2.46. The molecule has 3 rings (SSSR count). The van der Waals surface area contributed by atoms with Crippen molar-refractivity contribution in [2.24, 2.45) is 0 Å². The predicted molar refractivity (Wildman–Crippen MR) is 136 cm³/mol. The molecule has 0 saturated heterocycles. The number of amides is 1. The van der Waals surface area contributed by atoms with E-state index < -0.39 is 8.07 Å². The van der Waals surface area contributed by atoms with Crippen LogP contribution in [-0.2, 0) is 16.2 Å². The highest BCUT2D eigenvalue weighted by Crippen LogP contribution is 2.37. The van der Waals surface area contributed by atoms with E-state index in [1.165, 1.54) is 0 Å². The monoisotopic (exact) mass is 488 g/mol. The molecule has 9 nitrogen and oxygen atoms in total. The first-order chi connectivity index (χ1) is 15.9. The fourth-order valence-electron chi connectivity index (χ4n) is 3.93. The Kier molecular flexibility index (Phi) is 8.35. The summed E-state index contributed by atoms with van der Waals surface area (Å²) >= 11 is 0. The number of carbonyl (C=O) groups excluding carboxylic acids is 1. The van der Waals surface area contributed by atoms with Crippen LogP contribution in [0.2, 0.25) is 25.7 Å². The largest absolute Gasteiger partial charge is 0.446 e. The summed E-state index contributed by atoms with van der Waals surface area (Å²) in [6.45, 7) is 15.9. The molecular formula is C24H40N6O3Si. The van der Waals surface area contributed by atoms with Gasteiger partial charge in [0.1, 0.15) is 12.8 Å². The second-order valence-electron chi connectivity index (χ2n) is 11.4. The Balaban J connectivity index is 1.70. The van der Waals surface area contributed by atoms with Crippen molar-refractivity contribution in [3.63, 3.8) is 0 Å². The van der Waals surface area contributed by atoms with Gasteiger partial charge in [-0.05, 0) is 59.1 Å². The van der Waals surface area contributed by atoms with Gasteiger partial charge in [-0.15, -0.1) is 0 Å². The fourth-order valence-corrected chi connectivity index (χ4v) is 4.69. The Labute approximate surface area is 204 Å². The second-order valence-corrected chi connectivity index (χ2v) is 17.0. The van der Waals surface area contributed by atoms with Crippen LogP contribution in [0.1, 0.15) is 57.3 Å². The minimum absolute atomic E-state index is 0.105. The molecule has 10 heteroatoms. The topological polar surface area (TPSA) is 103 Å². The van der Waals surface area contributed by atoms with Gasteiger partial charge in [0.25, 0.3) is 0 Å². The summed E-state index contributed by atoms with van der Waals surface area (Å²) in [7, 11) is -1.16. The van der Waals surface area contributed by atoms with E-state index in [-0.39, 0.29) is 23.7 Å². The fraction of sp³-hybridized carbons (Fsp3) is 0.667. The van der Waals surface area contributed by atoms with Crippen molar-refractivity contribution in [1.82, 2.24) is 25.3 Å². The lowest BCUT2D eigenvalue weighted by Crippen LogP contribution is -2.42. The third kappa shape index (κ3) is 8.09. The number of ether oxygens (including phenoxy) is 2. The zero-order valence-corrected chi connectivity index (χ0v) is 22.6. The number of alkyl carbamates (subject to hydrolysis) is 1. The first kappa shape index (κ1) is 26.1. The lowest BCUT2D eigenvalue weighted by Gasteiger charge is -2.22. The molecule has 34 heavy (non-hydrogen) atoms. The molecule has 2 heterocycles. The average Bonchev–Trinajstić information content (AvgIpc) is 3.31. The minimum Gasteiger partial charge on any atom is -0.446 e. The van der Waals surface area contributed by atoms with Crippen LogP contribution in [0, 0.1) is 6.92 Å². The summed E-state index contributed by atoms with van der Waals surface area (Å²) in [5.74, 6) is 0.988. The van der Waals surface area contributed by atoms with Gasteiger partial charge < -0.3 is 20.1 Å². The van der Waals surface area contributed by atoms with Gasteiger partial charge in [0.15, 0.2) is 5.82 Å². The van der Waals surface area contributed by atoms with E-state index in [4.69, 9.17) is 14.6 Å². The maximum atomic E-state index is 12.2. The molecule has 188 valence electrons. The van der Waals surface area contributed by atoms with Crippen molar-refractivity contribution >= 4 is 25.7 Å². The van der Waals surface area contributed by atoms with E-state index >= 15 is 0 Å². The first-order valence-corrected chi connectivity index (χ1v) is 15.8. The van der Waals surface area contributed by atoms with E-state index in [9.17, 15) is 4.79 Å². The van der Waals surface area contributed by atoms with Gasteiger partial charge in [0, 0.05) is 37.9 Å². The van der Waals surface area contributed by atoms with Gasteiger partial charge in [-0.3, -0.25) is 0 Å². The molecule has 1 amide bonds. The zero-order chi connectivity index (χ0) is 24.9. The lowest BCUT2D eigenvalue weighted by atomic mass is 10.0. The van der Waals surface area contributed by atoms with Crippen molar-refractivity contribution in [3.05, 3.63) is 29.7 Å². The molecule has 0 aliphatic heterocycles. The van der Waals surface area contributed by atoms with Crippen LogP contribution in [0.5, 0.6) is 0 Å². The first-order valence-electron chi connectivity index (χ1n) is 12.1. The number of carbonyl (C=O) groups is 1. The van der Waals surface area contributed by atoms with Gasteiger partial charge in [0.2, 0.25) is 0 Å². The Hall–Kier alpha value is -2.46. The molecule has 0 aromatic carbocycles. The number of aromatic nitrogens is 4. The molecule has 2 aromatic rings. The van der Waals surface area contributed by atoms with Crippen LogP contribution in [0.3, 0.4) is 0 Å². The molecule has 0 unspecified atom stereocenters. The highest BCUT2D eigenvalue weighted by atomic mass is 28.3. The number of aryl methyl sites for hydroxylation is 1. The van der Waals surface area contributed by atoms with E-state index in [1.54, 1.807) is 6.20 Å². The molecule has 2 aromatic heterocycles. The van der Waals surface area contributed by atoms with E-state index in [0.717, 1.165) is 54.8 Å². The Morgan fingerprint density at radius 2 is 2.03 bits per heavy atom. The summed E-state index contributed by atoms with van der Waals surface area (Å²) < 4.78 is 13.7. The highest BCUT2D eigenvalue weighted by molar-refractivity contribution is 6.76. The molecule has 0 bridgehead atoms. The van der Waals surface area contributed by atoms with Gasteiger partial charge >= 0.3 is 6.09 Å². The normalized spacial score (nSPS) is 18.7. The quantitative estimate of drug-likeness (QED) is 0.369. The number of nitrogens with zero attached hydrogens (tertiary/aromatic N) is 4. The molecule has 0 spiro atoms. The predicted octanol–water partition coefficient (Wildman–Crippen LogP) is 5.20. The molecule has 2 atom stereocenters. The van der Waals surface area contributed by atoms with Gasteiger partial charge in [0.05, 0.1) is 17.6 Å². The van der Waals surface area contributed by atoms with E-state index in [1.807, 2.05) is 38.4 Å². The molecule has 1 saturated carbocycles. The molecular weight excluding hydrogens is 448 g/mol. The van der Waals surface area contributed by atoms with Gasteiger partial charge in [-0.2, -0.15) is 15.3 Å². The third-order valence-electron chi connectivity index (χ3n) is 5.74. The smallest absolute Gasteiger partial charge is 0.407 e. The van der Waals surface area contributed by atoms with Crippen LogP contribution in [0.15, 0.2) is 18.3 Å². The van der Waals surface area contributed by atoms with Crippen molar-refractivity contribution in [1.29, 1.82) is 0 Å². The molecule has 1 aliphatic carbocycles. The number of hydrogen-bond donors (Lipinski definition) is 2. The maximum absolute atomic E-state index is 12.2. The molecule has 1 fully saturated rings. The van der Waals surface area contributed by atoms with Crippen LogP contribution < -0.4 is 10.6 Å². The summed E-state index contributed by atoms with van der Waals surface area (Å²) in [6, 6.07) is 5.07. The van der Waals surface area contributed by atoms with Gasteiger partial charge in [-0.1, -0.05) is 19.6 Å². The Morgan fingerprint density at radius 3 is 2.71 bits per heavy atom. The standard InChI is InChI=1S/C24H40N6O3Si/c1-17-20(10-11-25-28-17)26-22-15-21(30(29-22)16-32-12-13-34(5,6)7)18-8-9-19(14-18)33-23(31)27-24(2,3)4/h10-11,15,18-19H,8-9,12-14,16H2,1-7H3,(H,27,31)(H,25,26,29)/t18-,19+/m0/s1. The number of nitrogens with one attached hydrogen (secondary N) is 2. The zero-order valence-electron chi connectivity index (χ0n) is 21.6. The third-order valence-corrected chi connectivity index (χ3v) is 7.45. The highest BCUT2D eigenvalue weighted by Gasteiger charge is 2.32. The molecule has 2 N–H and O–H groups in total. The van der Waals surface area contributed by atoms with Crippen molar-refractivity contribution in [2.75, 3.05) is 11.9 Å². The van der Waals surface area contributed by atoms with Crippen molar-refractivity contribution < 1.29 is 14.3 Å². The van der Waals surface area contributed by atoms with Crippen LogP contribution in [-0.4, -0.2) is 52.4 Å². The maximum Gasteiger partial charge on any atom is 0.407 e. The average molecular weight is 489 g/mol. The minimum atomic E-state index is -1.16. The van der Waals surface area contributed by atoms with Crippen LogP contribution in [0.25, 0.3) is 0 Å². The SMILES string of the molecule is Cc1nnccc1Nc1cc([C@H]2CC[C@@H](OC(=O)NC(C)(C)C)C2)n(COCC[Si](C)(C)C)n1. The Bertz CT molecular complexity index is 966. The number of rotatable bonds is 9.